The lowest BCUT2D eigenvalue weighted by Gasteiger charge is -2.23. The molecule has 2 atom stereocenters. The van der Waals surface area contributed by atoms with Crippen LogP contribution < -0.4 is 5.32 Å². The van der Waals surface area contributed by atoms with Crippen LogP contribution in [0.25, 0.3) is 0 Å². The van der Waals surface area contributed by atoms with Gasteiger partial charge < -0.3 is 20.4 Å². The normalized spacial score (nSPS) is 22.2. The van der Waals surface area contributed by atoms with Gasteiger partial charge >= 0.3 is 12.0 Å². The Morgan fingerprint density at radius 1 is 1.37 bits per heavy atom. The molecule has 0 aromatic heterocycles. The molecule has 0 aromatic rings. The summed E-state index contributed by atoms with van der Waals surface area (Å²) in [7, 11) is 0. The van der Waals surface area contributed by atoms with E-state index in [1.165, 1.54) is 0 Å². The summed E-state index contributed by atoms with van der Waals surface area (Å²) in [6, 6.07) is -0.174. The first-order chi connectivity index (χ1) is 9.10. The quantitative estimate of drug-likeness (QED) is 0.642. The van der Waals surface area contributed by atoms with Crippen molar-refractivity contribution in [1.29, 1.82) is 0 Å². The second-order valence-electron chi connectivity index (χ2n) is 4.98. The second kappa shape index (κ2) is 7.99. The Labute approximate surface area is 113 Å². The van der Waals surface area contributed by atoms with Gasteiger partial charge in [0.05, 0.1) is 5.92 Å². The van der Waals surface area contributed by atoms with Crippen LogP contribution in [0.2, 0.25) is 0 Å². The van der Waals surface area contributed by atoms with Crippen molar-refractivity contribution in [3.63, 3.8) is 0 Å². The fourth-order valence-electron chi connectivity index (χ4n) is 2.60. The van der Waals surface area contributed by atoms with E-state index in [0.717, 1.165) is 12.8 Å². The predicted molar refractivity (Wildman–Crippen MR) is 70.8 cm³/mol. The molecule has 1 fully saturated rings. The molecule has 0 heterocycles. The monoisotopic (exact) mass is 272 g/mol. The van der Waals surface area contributed by atoms with Crippen LogP contribution in [0.5, 0.6) is 0 Å². The molecule has 0 radical (unpaired) electrons. The van der Waals surface area contributed by atoms with Gasteiger partial charge in [0.2, 0.25) is 0 Å². The molecule has 3 N–H and O–H groups in total. The van der Waals surface area contributed by atoms with Crippen molar-refractivity contribution in [2.75, 3.05) is 26.2 Å². The maximum Gasteiger partial charge on any atom is 0.317 e. The van der Waals surface area contributed by atoms with Crippen LogP contribution >= 0.6 is 0 Å². The molecular weight excluding hydrogens is 248 g/mol. The van der Waals surface area contributed by atoms with Gasteiger partial charge in [0.25, 0.3) is 0 Å². The number of aliphatic hydroxyl groups excluding tert-OH is 1. The third-order valence-corrected chi connectivity index (χ3v) is 3.75. The molecule has 2 amide bonds. The maximum absolute atomic E-state index is 11.9. The fraction of sp³-hybridized carbons (Fsp3) is 0.846. The zero-order valence-electron chi connectivity index (χ0n) is 11.5. The van der Waals surface area contributed by atoms with Crippen LogP contribution in [0, 0.1) is 11.8 Å². The number of rotatable bonds is 7. The van der Waals surface area contributed by atoms with E-state index in [2.05, 4.69) is 5.32 Å². The van der Waals surface area contributed by atoms with Gasteiger partial charge in [-0.25, -0.2) is 4.79 Å². The number of nitrogens with one attached hydrogen (secondary N) is 1. The van der Waals surface area contributed by atoms with Crippen molar-refractivity contribution in [2.45, 2.75) is 32.6 Å². The number of carboxylic acids is 1. The van der Waals surface area contributed by atoms with Crippen LogP contribution in [-0.4, -0.2) is 53.4 Å². The molecule has 0 aromatic carbocycles. The largest absolute Gasteiger partial charge is 0.481 e. The van der Waals surface area contributed by atoms with Gasteiger partial charge in [0.15, 0.2) is 0 Å². The van der Waals surface area contributed by atoms with E-state index in [0.29, 0.717) is 32.5 Å². The molecule has 1 rings (SSSR count). The van der Waals surface area contributed by atoms with Gasteiger partial charge in [0, 0.05) is 26.2 Å². The van der Waals surface area contributed by atoms with Crippen LogP contribution in [0.4, 0.5) is 4.79 Å². The van der Waals surface area contributed by atoms with E-state index in [-0.39, 0.29) is 24.5 Å². The average molecular weight is 272 g/mol. The first-order valence-corrected chi connectivity index (χ1v) is 6.96. The Morgan fingerprint density at radius 3 is 2.68 bits per heavy atom. The number of amides is 2. The summed E-state index contributed by atoms with van der Waals surface area (Å²) in [5, 5.41) is 20.6. The molecule has 2 unspecified atom stereocenters. The minimum atomic E-state index is -0.760. The molecule has 110 valence electrons. The zero-order chi connectivity index (χ0) is 14.3. The molecule has 6 heteroatoms. The molecule has 1 aliphatic rings. The second-order valence-corrected chi connectivity index (χ2v) is 4.98. The van der Waals surface area contributed by atoms with Crippen molar-refractivity contribution in [3.8, 4) is 0 Å². The molecule has 1 aliphatic carbocycles. The summed E-state index contributed by atoms with van der Waals surface area (Å²) < 4.78 is 0. The van der Waals surface area contributed by atoms with Crippen molar-refractivity contribution < 1.29 is 19.8 Å². The number of aliphatic carboxylic acids is 1. The van der Waals surface area contributed by atoms with E-state index >= 15 is 0 Å². The molecular formula is C13H24N2O4. The van der Waals surface area contributed by atoms with E-state index in [1.54, 1.807) is 4.90 Å². The van der Waals surface area contributed by atoms with Crippen molar-refractivity contribution in [3.05, 3.63) is 0 Å². The minimum Gasteiger partial charge on any atom is -0.481 e. The molecule has 0 bridgehead atoms. The van der Waals surface area contributed by atoms with E-state index < -0.39 is 5.97 Å². The Kier molecular flexibility index (Phi) is 6.62. The Balaban J connectivity index is 2.38. The number of nitrogens with zero attached hydrogens (tertiary/aromatic N) is 1. The summed E-state index contributed by atoms with van der Waals surface area (Å²) in [5.41, 5.74) is 0. The number of carbonyl (C=O) groups excluding carboxylic acids is 1. The summed E-state index contributed by atoms with van der Waals surface area (Å²) in [4.78, 5) is 24.6. The number of urea groups is 1. The summed E-state index contributed by atoms with van der Waals surface area (Å²) in [6.45, 7) is 3.47. The van der Waals surface area contributed by atoms with E-state index in [9.17, 15) is 9.59 Å². The first kappa shape index (κ1) is 15.8. The zero-order valence-corrected chi connectivity index (χ0v) is 11.5. The topological polar surface area (TPSA) is 89.9 Å². The summed E-state index contributed by atoms with van der Waals surface area (Å²) >= 11 is 0. The predicted octanol–water partition coefficient (Wildman–Crippen LogP) is 0.901. The summed E-state index contributed by atoms with van der Waals surface area (Å²) in [5.74, 6) is -1.05. The van der Waals surface area contributed by atoms with Crippen LogP contribution in [0.3, 0.4) is 0 Å². The third kappa shape index (κ3) is 4.70. The number of hydrogen-bond acceptors (Lipinski definition) is 3. The van der Waals surface area contributed by atoms with E-state index in [4.69, 9.17) is 10.2 Å². The van der Waals surface area contributed by atoms with Crippen LogP contribution in [-0.2, 0) is 4.79 Å². The van der Waals surface area contributed by atoms with Gasteiger partial charge in [-0.1, -0.05) is 6.42 Å². The highest BCUT2D eigenvalue weighted by molar-refractivity contribution is 5.74. The fourth-order valence-corrected chi connectivity index (χ4v) is 2.60. The Morgan fingerprint density at radius 2 is 2.11 bits per heavy atom. The lowest BCUT2D eigenvalue weighted by atomic mass is 9.96. The van der Waals surface area contributed by atoms with Crippen LogP contribution in [0.15, 0.2) is 0 Å². The molecule has 0 saturated heterocycles. The number of aliphatic hydroxyl groups is 1. The number of carbonyl (C=O) groups is 2. The summed E-state index contributed by atoms with van der Waals surface area (Å²) in [6.07, 6.45) is 3.04. The third-order valence-electron chi connectivity index (χ3n) is 3.75. The highest BCUT2D eigenvalue weighted by Crippen LogP contribution is 2.31. The van der Waals surface area contributed by atoms with Gasteiger partial charge in [-0.3, -0.25) is 4.79 Å². The lowest BCUT2D eigenvalue weighted by molar-refractivity contribution is -0.142. The molecule has 1 saturated carbocycles. The number of hydrogen-bond donors (Lipinski definition) is 3. The molecule has 6 nitrogen and oxygen atoms in total. The van der Waals surface area contributed by atoms with Crippen LogP contribution in [0.1, 0.15) is 32.6 Å². The average Bonchev–Trinajstić information content (AvgIpc) is 2.85. The number of carboxylic acid groups (broad SMARTS) is 1. The van der Waals surface area contributed by atoms with Crippen molar-refractivity contribution in [2.24, 2.45) is 11.8 Å². The van der Waals surface area contributed by atoms with Gasteiger partial charge in [-0.05, 0) is 32.1 Å². The SMILES string of the molecule is CCN(CCCO)C(=O)NCC1CCCC1C(=O)O. The minimum absolute atomic E-state index is 0.0398. The van der Waals surface area contributed by atoms with Gasteiger partial charge in [-0.15, -0.1) is 0 Å². The van der Waals surface area contributed by atoms with Crippen molar-refractivity contribution >= 4 is 12.0 Å². The van der Waals surface area contributed by atoms with Gasteiger partial charge in [-0.2, -0.15) is 0 Å². The molecule has 0 spiro atoms. The first-order valence-electron chi connectivity index (χ1n) is 6.96. The maximum atomic E-state index is 11.9. The molecule has 0 aliphatic heterocycles. The Bertz CT molecular complexity index is 309. The van der Waals surface area contributed by atoms with Crippen molar-refractivity contribution in [1.82, 2.24) is 10.2 Å². The highest BCUT2D eigenvalue weighted by Gasteiger charge is 2.33. The smallest absolute Gasteiger partial charge is 0.317 e. The van der Waals surface area contributed by atoms with Gasteiger partial charge in [0.1, 0.15) is 0 Å². The Hall–Kier alpha value is -1.30. The lowest BCUT2D eigenvalue weighted by Crippen LogP contribution is -2.43. The standard InChI is InChI=1S/C13H24N2O4/c1-2-15(7-4-8-16)13(19)14-9-10-5-3-6-11(10)12(17)18/h10-11,16H,2-9H2,1H3,(H,14,19)(H,17,18). The molecule has 19 heavy (non-hydrogen) atoms. The van der Waals surface area contributed by atoms with E-state index in [1.807, 2.05) is 6.92 Å². The highest BCUT2D eigenvalue weighted by atomic mass is 16.4.